The zero-order chi connectivity index (χ0) is 11.5. The number of nitrogens with zero attached hydrogens (tertiary/aromatic N) is 1. The van der Waals surface area contributed by atoms with Gasteiger partial charge in [-0.1, -0.05) is 6.92 Å². The molecule has 1 saturated heterocycles. The maximum atomic E-state index is 6.01. The third kappa shape index (κ3) is 2.23. The van der Waals surface area contributed by atoms with Crippen molar-refractivity contribution in [3.05, 3.63) is 18.2 Å². The van der Waals surface area contributed by atoms with Crippen LogP contribution in [0.15, 0.2) is 18.2 Å². The highest BCUT2D eigenvalue weighted by Gasteiger charge is 2.17. The van der Waals surface area contributed by atoms with Crippen LogP contribution in [0.5, 0.6) is 5.75 Å². The number of rotatable bonds is 2. The smallest absolute Gasteiger partial charge is 0.121 e. The monoisotopic (exact) mass is 220 g/mol. The summed E-state index contributed by atoms with van der Waals surface area (Å²) >= 11 is 0. The lowest BCUT2D eigenvalue weighted by atomic mass is 9.98. The van der Waals surface area contributed by atoms with E-state index in [0.29, 0.717) is 0 Å². The Labute approximate surface area is 97.2 Å². The molecule has 2 rings (SSSR count). The van der Waals surface area contributed by atoms with E-state index in [9.17, 15) is 0 Å². The highest BCUT2D eigenvalue weighted by atomic mass is 16.5. The summed E-state index contributed by atoms with van der Waals surface area (Å²) in [5.74, 6) is 1.71. The molecule has 0 aliphatic carbocycles. The number of hydrogen-bond acceptors (Lipinski definition) is 3. The molecule has 1 aliphatic rings. The SMILES string of the molecule is COc1ccc(N)c(N2CCC(C)CC2)c1. The molecule has 0 spiro atoms. The molecule has 1 aliphatic heterocycles. The standard InChI is InChI=1S/C13H20N2O/c1-10-5-7-15(8-6-10)13-9-11(16-2)3-4-12(13)14/h3-4,9-10H,5-8,14H2,1-2H3. The number of benzene rings is 1. The van der Waals surface area contributed by atoms with E-state index < -0.39 is 0 Å². The topological polar surface area (TPSA) is 38.5 Å². The number of hydrogen-bond donors (Lipinski definition) is 1. The molecule has 1 heterocycles. The van der Waals surface area contributed by atoms with Crippen molar-refractivity contribution in [1.29, 1.82) is 0 Å². The lowest BCUT2D eigenvalue weighted by Crippen LogP contribution is -2.33. The number of nitrogen functional groups attached to an aromatic ring is 1. The maximum Gasteiger partial charge on any atom is 0.121 e. The lowest BCUT2D eigenvalue weighted by Gasteiger charge is -2.33. The van der Waals surface area contributed by atoms with Crippen LogP contribution in [0.3, 0.4) is 0 Å². The van der Waals surface area contributed by atoms with Gasteiger partial charge in [0, 0.05) is 19.2 Å². The Balaban J connectivity index is 2.19. The van der Waals surface area contributed by atoms with Gasteiger partial charge >= 0.3 is 0 Å². The number of methoxy groups -OCH3 is 1. The van der Waals surface area contributed by atoms with E-state index >= 15 is 0 Å². The lowest BCUT2D eigenvalue weighted by molar-refractivity contribution is 0.413. The fourth-order valence-corrected chi connectivity index (χ4v) is 2.17. The minimum absolute atomic E-state index is 0.836. The van der Waals surface area contributed by atoms with Crippen LogP contribution in [0, 0.1) is 5.92 Å². The van der Waals surface area contributed by atoms with Gasteiger partial charge in [-0.05, 0) is 30.9 Å². The van der Waals surface area contributed by atoms with Crippen molar-refractivity contribution in [2.24, 2.45) is 5.92 Å². The van der Waals surface area contributed by atoms with E-state index in [1.54, 1.807) is 7.11 Å². The largest absolute Gasteiger partial charge is 0.497 e. The van der Waals surface area contributed by atoms with Crippen molar-refractivity contribution < 1.29 is 4.74 Å². The van der Waals surface area contributed by atoms with Gasteiger partial charge in [-0.15, -0.1) is 0 Å². The zero-order valence-electron chi connectivity index (χ0n) is 10.1. The molecule has 2 N–H and O–H groups in total. The zero-order valence-corrected chi connectivity index (χ0v) is 10.1. The molecule has 3 nitrogen and oxygen atoms in total. The summed E-state index contributed by atoms with van der Waals surface area (Å²) in [6.07, 6.45) is 2.49. The van der Waals surface area contributed by atoms with Gasteiger partial charge < -0.3 is 15.4 Å². The molecule has 16 heavy (non-hydrogen) atoms. The minimum atomic E-state index is 0.836. The number of anilines is 2. The molecule has 0 bridgehead atoms. The summed E-state index contributed by atoms with van der Waals surface area (Å²) in [6, 6.07) is 5.86. The van der Waals surface area contributed by atoms with E-state index in [1.807, 2.05) is 18.2 Å². The average Bonchev–Trinajstić information content (AvgIpc) is 2.31. The summed E-state index contributed by atoms with van der Waals surface area (Å²) in [5.41, 5.74) is 7.97. The Bertz CT molecular complexity index is 357. The van der Waals surface area contributed by atoms with Gasteiger partial charge in [0.25, 0.3) is 0 Å². The first-order valence-corrected chi connectivity index (χ1v) is 5.89. The Morgan fingerprint density at radius 3 is 2.62 bits per heavy atom. The van der Waals surface area contributed by atoms with Gasteiger partial charge in [-0.3, -0.25) is 0 Å². The van der Waals surface area contributed by atoms with Crippen LogP contribution in [-0.4, -0.2) is 20.2 Å². The van der Waals surface area contributed by atoms with Crippen molar-refractivity contribution in [3.63, 3.8) is 0 Å². The molecule has 0 aromatic heterocycles. The molecule has 88 valence electrons. The summed E-state index contributed by atoms with van der Waals surface area (Å²) < 4.78 is 5.24. The maximum absolute atomic E-state index is 6.01. The fraction of sp³-hybridized carbons (Fsp3) is 0.538. The Hall–Kier alpha value is -1.38. The van der Waals surface area contributed by atoms with Crippen molar-refractivity contribution >= 4 is 11.4 Å². The predicted molar refractivity (Wildman–Crippen MR) is 68.0 cm³/mol. The van der Waals surface area contributed by atoms with E-state index in [2.05, 4.69) is 11.8 Å². The first kappa shape index (κ1) is 11.1. The van der Waals surface area contributed by atoms with Gasteiger partial charge in [-0.2, -0.15) is 0 Å². The van der Waals surface area contributed by atoms with Crippen LogP contribution >= 0.6 is 0 Å². The summed E-state index contributed by atoms with van der Waals surface area (Å²) in [6.45, 7) is 4.50. The number of piperidine rings is 1. The van der Waals surface area contributed by atoms with Gasteiger partial charge in [0.1, 0.15) is 5.75 Å². The molecule has 3 heteroatoms. The molecule has 0 amide bonds. The van der Waals surface area contributed by atoms with E-state index in [-0.39, 0.29) is 0 Å². The summed E-state index contributed by atoms with van der Waals surface area (Å²) in [4.78, 5) is 2.36. The van der Waals surface area contributed by atoms with Crippen LogP contribution in [0.1, 0.15) is 19.8 Å². The van der Waals surface area contributed by atoms with Gasteiger partial charge in [-0.25, -0.2) is 0 Å². The van der Waals surface area contributed by atoms with Gasteiger partial charge in [0.15, 0.2) is 0 Å². The second-order valence-electron chi connectivity index (χ2n) is 4.59. The Morgan fingerprint density at radius 2 is 2.00 bits per heavy atom. The fourth-order valence-electron chi connectivity index (χ4n) is 2.17. The van der Waals surface area contributed by atoms with E-state index in [4.69, 9.17) is 10.5 Å². The average molecular weight is 220 g/mol. The molecule has 0 radical (unpaired) electrons. The predicted octanol–water partition coefficient (Wildman–Crippen LogP) is 2.51. The molecule has 0 unspecified atom stereocenters. The highest BCUT2D eigenvalue weighted by molar-refractivity contribution is 5.69. The molecule has 1 aromatic rings. The first-order valence-electron chi connectivity index (χ1n) is 5.89. The van der Waals surface area contributed by atoms with E-state index in [0.717, 1.165) is 36.1 Å². The van der Waals surface area contributed by atoms with Gasteiger partial charge in [0.2, 0.25) is 0 Å². The molecule has 1 aromatic carbocycles. The second-order valence-corrected chi connectivity index (χ2v) is 4.59. The normalized spacial score (nSPS) is 17.5. The molecular formula is C13H20N2O. The number of ether oxygens (including phenoxy) is 1. The summed E-state index contributed by atoms with van der Waals surface area (Å²) in [5, 5.41) is 0. The Kier molecular flexibility index (Phi) is 3.22. The van der Waals surface area contributed by atoms with E-state index in [1.165, 1.54) is 12.8 Å². The molecular weight excluding hydrogens is 200 g/mol. The van der Waals surface area contributed by atoms with Crippen LogP contribution in [0.4, 0.5) is 11.4 Å². The minimum Gasteiger partial charge on any atom is -0.497 e. The van der Waals surface area contributed by atoms with Gasteiger partial charge in [0.05, 0.1) is 18.5 Å². The number of nitrogens with two attached hydrogens (primary N) is 1. The highest BCUT2D eigenvalue weighted by Crippen LogP contribution is 2.31. The summed E-state index contributed by atoms with van der Waals surface area (Å²) in [7, 11) is 1.69. The Morgan fingerprint density at radius 1 is 1.31 bits per heavy atom. The van der Waals surface area contributed by atoms with Crippen LogP contribution < -0.4 is 15.4 Å². The van der Waals surface area contributed by atoms with Crippen LogP contribution in [0.2, 0.25) is 0 Å². The quantitative estimate of drug-likeness (QED) is 0.778. The molecule has 1 fully saturated rings. The van der Waals surface area contributed by atoms with Crippen LogP contribution in [0.25, 0.3) is 0 Å². The van der Waals surface area contributed by atoms with Crippen LogP contribution in [-0.2, 0) is 0 Å². The third-order valence-electron chi connectivity index (χ3n) is 3.36. The van der Waals surface area contributed by atoms with Crippen molar-refractivity contribution in [2.45, 2.75) is 19.8 Å². The second kappa shape index (κ2) is 4.64. The molecule has 0 atom stereocenters. The van der Waals surface area contributed by atoms with Crippen molar-refractivity contribution in [2.75, 3.05) is 30.8 Å². The first-order chi connectivity index (χ1) is 7.70. The third-order valence-corrected chi connectivity index (χ3v) is 3.36. The molecule has 0 saturated carbocycles. The van der Waals surface area contributed by atoms with Crippen molar-refractivity contribution in [1.82, 2.24) is 0 Å². The van der Waals surface area contributed by atoms with Crippen molar-refractivity contribution in [3.8, 4) is 5.75 Å².